The minimum absolute atomic E-state index is 0.00613. The van der Waals surface area contributed by atoms with Crippen molar-refractivity contribution in [3.05, 3.63) is 40.8 Å². The van der Waals surface area contributed by atoms with Crippen molar-refractivity contribution in [1.82, 2.24) is 0 Å². The molecule has 0 unspecified atom stereocenters. The number of ether oxygens (including phenoxy) is 1. The van der Waals surface area contributed by atoms with Crippen LogP contribution in [0, 0.1) is 6.92 Å². The Morgan fingerprint density at radius 3 is 2.65 bits per heavy atom. The van der Waals surface area contributed by atoms with Gasteiger partial charge in [0.05, 0.1) is 0 Å². The molecular weight excluding hydrogens is 240 g/mol. The maximum Gasteiger partial charge on any atom is 0.283 e. The summed E-state index contributed by atoms with van der Waals surface area (Å²) in [6.45, 7) is 1.83. The predicted octanol–water partition coefficient (Wildman–Crippen LogP) is 0.958. The van der Waals surface area contributed by atoms with Gasteiger partial charge in [0.25, 0.3) is 10.0 Å². The zero-order valence-electron chi connectivity index (χ0n) is 9.25. The standard InChI is InChI=1S/C11H12N2O3S/c1-8-4-2-3-5-10(8)16-7-9-6-11(12)13-17(9,14)15/h2-6H,7H2,1H3,(H2,12,13). The van der Waals surface area contributed by atoms with Crippen molar-refractivity contribution in [1.29, 1.82) is 0 Å². The second kappa shape index (κ2) is 4.21. The molecule has 2 N–H and O–H groups in total. The van der Waals surface area contributed by atoms with Crippen LogP contribution >= 0.6 is 0 Å². The van der Waals surface area contributed by atoms with Gasteiger partial charge in [0.2, 0.25) is 0 Å². The number of hydrogen-bond acceptors (Lipinski definition) is 4. The van der Waals surface area contributed by atoms with Crippen LogP contribution in [0.4, 0.5) is 0 Å². The van der Waals surface area contributed by atoms with E-state index in [9.17, 15) is 8.42 Å². The fraction of sp³-hybridized carbons (Fsp3) is 0.182. The molecule has 0 bridgehead atoms. The van der Waals surface area contributed by atoms with E-state index in [0.29, 0.717) is 5.75 Å². The molecule has 1 heterocycles. The van der Waals surface area contributed by atoms with E-state index in [1.165, 1.54) is 6.08 Å². The molecule has 17 heavy (non-hydrogen) atoms. The van der Waals surface area contributed by atoms with E-state index in [1.54, 1.807) is 6.07 Å². The summed E-state index contributed by atoms with van der Waals surface area (Å²) in [5.41, 5.74) is 6.28. The van der Waals surface area contributed by atoms with Gasteiger partial charge < -0.3 is 10.5 Å². The molecule has 5 nitrogen and oxygen atoms in total. The average Bonchev–Trinajstić information content (AvgIpc) is 2.50. The van der Waals surface area contributed by atoms with Crippen LogP contribution < -0.4 is 10.5 Å². The Balaban J connectivity index is 2.11. The Labute approximate surface area is 99.7 Å². The van der Waals surface area contributed by atoms with Gasteiger partial charge in [0, 0.05) is 6.08 Å². The van der Waals surface area contributed by atoms with Gasteiger partial charge in [0.15, 0.2) is 0 Å². The Morgan fingerprint density at radius 1 is 1.35 bits per heavy atom. The monoisotopic (exact) mass is 252 g/mol. The van der Waals surface area contributed by atoms with E-state index >= 15 is 0 Å². The molecule has 1 aliphatic heterocycles. The maximum absolute atomic E-state index is 11.5. The molecule has 0 spiro atoms. The highest BCUT2D eigenvalue weighted by atomic mass is 32.2. The summed E-state index contributed by atoms with van der Waals surface area (Å²) in [6, 6.07) is 7.37. The second-order valence-electron chi connectivity index (χ2n) is 3.66. The number of rotatable bonds is 3. The van der Waals surface area contributed by atoms with E-state index in [1.807, 2.05) is 25.1 Å². The van der Waals surface area contributed by atoms with Crippen molar-refractivity contribution in [2.75, 3.05) is 6.61 Å². The van der Waals surface area contributed by atoms with Gasteiger partial charge in [-0.25, -0.2) is 0 Å². The van der Waals surface area contributed by atoms with Gasteiger partial charge >= 0.3 is 0 Å². The summed E-state index contributed by atoms with van der Waals surface area (Å²) in [6.07, 6.45) is 1.31. The first-order valence-corrected chi connectivity index (χ1v) is 6.42. The molecule has 0 aromatic heterocycles. The van der Waals surface area contributed by atoms with Crippen LogP contribution in [-0.4, -0.2) is 20.9 Å². The molecule has 0 aliphatic carbocycles. The molecule has 0 atom stereocenters. The van der Waals surface area contributed by atoms with Crippen LogP contribution in [0.15, 0.2) is 39.6 Å². The van der Waals surface area contributed by atoms with Gasteiger partial charge in [0.1, 0.15) is 23.1 Å². The molecule has 1 aromatic carbocycles. The van der Waals surface area contributed by atoms with Crippen LogP contribution in [0.3, 0.4) is 0 Å². The van der Waals surface area contributed by atoms with Gasteiger partial charge in [-0.05, 0) is 18.6 Å². The highest BCUT2D eigenvalue weighted by molar-refractivity contribution is 7.94. The predicted molar refractivity (Wildman–Crippen MR) is 65.3 cm³/mol. The number of sulfonamides is 1. The van der Waals surface area contributed by atoms with E-state index < -0.39 is 10.0 Å². The lowest BCUT2D eigenvalue weighted by molar-refractivity contribution is 0.356. The summed E-state index contributed by atoms with van der Waals surface area (Å²) in [5, 5.41) is 0. The smallest absolute Gasteiger partial charge is 0.283 e. The third kappa shape index (κ3) is 2.47. The second-order valence-corrected chi connectivity index (χ2v) is 5.31. The number of aryl methyl sites for hydroxylation is 1. The van der Waals surface area contributed by atoms with E-state index in [0.717, 1.165) is 5.56 Å². The molecule has 0 fully saturated rings. The first kappa shape index (κ1) is 11.7. The van der Waals surface area contributed by atoms with Crippen LogP contribution in [0.1, 0.15) is 5.56 Å². The SMILES string of the molecule is Cc1ccccc1OCC1=CC(N)=NS1(=O)=O. The zero-order chi connectivity index (χ0) is 12.5. The largest absolute Gasteiger partial charge is 0.488 e. The van der Waals surface area contributed by atoms with Crippen LogP contribution in [0.2, 0.25) is 0 Å². The third-order valence-electron chi connectivity index (χ3n) is 2.33. The molecule has 0 radical (unpaired) electrons. The molecule has 0 saturated carbocycles. The average molecular weight is 252 g/mol. The van der Waals surface area contributed by atoms with Crippen LogP contribution in [-0.2, 0) is 10.0 Å². The van der Waals surface area contributed by atoms with Crippen molar-refractivity contribution in [3.8, 4) is 5.75 Å². The summed E-state index contributed by atoms with van der Waals surface area (Å²) in [7, 11) is -3.62. The first-order valence-electron chi connectivity index (χ1n) is 4.98. The maximum atomic E-state index is 11.5. The molecule has 90 valence electrons. The Morgan fingerprint density at radius 2 is 2.06 bits per heavy atom. The fourth-order valence-corrected chi connectivity index (χ4v) is 2.37. The van der Waals surface area contributed by atoms with Crippen molar-refractivity contribution in [2.24, 2.45) is 10.1 Å². The summed E-state index contributed by atoms with van der Waals surface area (Å²) in [4.78, 5) is 0.0817. The highest BCUT2D eigenvalue weighted by Crippen LogP contribution is 2.20. The normalized spacial score (nSPS) is 17.5. The van der Waals surface area contributed by atoms with Gasteiger partial charge in [-0.2, -0.15) is 8.42 Å². The lowest BCUT2D eigenvalue weighted by Gasteiger charge is -2.08. The lowest BCUT2D eigenvalue weighted by atomic mass is 10.2. The fourth-order valence-electron chi connectivity index (χ4n) is 1.45. The van der Waals surface area contributed by atoms with E-state index in [-0.39, 0.29) is 17.3 Å². The topological polar surface area (TPSA) is 81.8 Å². The number of nitrogens with zero attached hydrogens (tertiary/aromatic N) is 1. The number of amidine groups is 1. The Bertz CT molecular complexity index is 603. The molecule has 1 aliphatic rings. The summed E-state index contributed by atoms with van der Waals surface area (Å²) >= 11 is 0. The third-order valence-corrected chi connectivity index (χ3v) is 3.68. The highest BCUT2D eigenvalue weighted by Gasteiger charge is 2.23. The zero-order valence-corrected chi connectivity index (χ0v) is 10.1. The minimum atomic E-state index is -3.62. The number of benzene rings is 1. The quantitative estimate of drug-likeness (QED) is 0.868. The first-order chi connectivity index (χ1) is 7.99. The number of nitrogens with two attached hydrogens (primary N) is 1. The summed E-state index contributed by atoms with van der Waals surface area (Å²) < 4.78 is 31.7. The van der Waals surface area contributed by atoms with Crippen molar-refractivity contribution >= 4 is 15.9 Å². The minimum Gasteiger partial charge on any atom is -0.488 e. The van der Waals surface area contributed by atoms with Crippen LogP contribution in [0.5, 0.6) is 5.75 Å². The van der Waals surface area contributed by atoms with Crippen molar-refractivity contribution < 1.29 is 13.2 Å². The molecule has 1 aromatic rings. The van der Waals surface area contributed by atoms with Crippen molar-refractivity contribution in [2.45, 2.75) is 6.92 Å². The van der Waals surface area contributed by atoms with Crippen LogP contribution in [0.25, 0.3) is 0 Å². The molecule has 0 saturated heterocycles. The van der Waals surface area contributed by atoms with Crippen molar-refractivity contribution in [3.63, 3.8) is 0 Å². The Kier molecular flexibility index (Phi) is 2.89. The molecule has 6 heteroatoms. The van der Waals surface area contributed by atoms with Gasteiger partial charge in [-0.3, -0.25) is 0 Å². The summed E-state index contributed by atoms with van der Waals surface area (Å²) in [5.74, 6) is 0.641. The number of hydrogen-bond donors (Lipinski definition) is 1. The lowest BCUT2D eigenvalue weighted by Crippen LogP contribution is -2.07. The molecule has 2 rings (SSSR count). The van der Waals surface area contributed by atoms with E-state index in [4.69, 9.17) is 10.5 Å². The molecular formula is C11H12N2O3S. The van der Waals surface area contributed by atoms with Gasteiger partial charge in [-0.1, -0.05) is 18.2 Å². The number of para-hydroxylation sites is 1. The Hall–Kier alpha value is -1.82. The molecule has 0 amide bonds. The van der Waals surface area contributed by atoms with E-state index in [2.05, 4.69) is 4.40 Å². The van der Waals surface area contributed by atoms with Gasteiger partial charge in [-0.15, -0.1) is 4.40 Å².